The van der Waals surface area contributed by atoms with E-state index < -0.39 is 11.7 Å². The molecular weight excluding hydrogens is 319 g/mol. The van der Waals surface area contributed by atoms with Crippen molar-refractivity contribution in [3.8, 4) is 0 Å². The average Bonchev–Trinajstić information content (AvgIpc) is 2.78. The zero-order chi connectivity index (χ0) is 18.6. The highest BCUT2D eigenvalue weighted by atomic mass is 16.7. The Morgan fingerprint density at radius 1 is 1.32 bits per heavy atom. The van der Waals surface area contributed by atoms with Gasteiger partial charge in [0, 0.05) is 0 Å². The largest absolute Gasteiger partial charge is 0.460 e. The molecule has 1 aliphatic heterocycles. The molecule has 3 saturated carbocycles. The van der Waals surface area contributed by atoms with Crippen LogP contribution >= 0.6 is 0 Å². The van der Waals surface area contributed by atoms with Crippen LogP contribution in [0.3, 0.4) is 0 Å². The first-order valence-corrected chi connectivity index (χ1v) is 9.65. The van der Waals surface area contributed by atoms with Crippen molar-refractivity contribution in [1.29, 1.82) is 0 Å². The highest BCUT2D eigenvalue weighted by Gasteiger charge is 2.67. The van der Waals surface area contributed by atoms with Gasteiger partial charge in [-0.15, -0.1) is 0 Å². The smallest absolute Gasteiger partial charge is 0.457 e. The zero-order valence-electron chi connectivity index (χ0n) is 16.5. The normalized spacial score (nSPS) is 37.2. The lowest BCUT2D eigenvalue weighted by atomic mass is 9.43. The predicted molar refractivity (Wildman–Crippen MR) is 96.0 cm³/mol. The number of carbonyl (C=O) groups excluding carboxylic acids is 1. The Morgan fingerprint density at radius 3 is 2.60 bits per heavy atom. The molecule has 25 heavy (non-hydrogen) atoms. The first-order valence-electron chi connectivity index (χ1n) is 9.65. The second kappa shape index (κ2) is 6.24. The van der Waals surface area contributed by atoms with Crippen molar-refractivity contribution in [3.05, 3.63) is 0 Å². The van der Waals surface area contributed by atoms with E-state index in [0.717, 1.165) is 12.3 Å². The minimum absolute atomic E-state index is 0.0163. The van der Waals surface area contributed by atoms with Crippen LogP contribution in [0.5, 0.6) is 0 Å². The molecule has 6 heteroatoms. The fourth-order valence-corrected chi connectivity index (χ4v) is 5.08. The standard InChI is InChI=1S/C19H33BO5/c1-17(2,3)23-16(22)11-13(21)7-8-20-24-15-10-12-9-14(18(12,4)5)19(15,6)25-20/h12-15,21H,7-11H2,1-6H3/t12-,13?,14-,15+,19-/m0/s1. The van der Waals surface area contributed by atoms with Crippen molar-refractivity contribution < 1.29 is 23.9 Å². The lowest BCUT2D eigenvalue weighted by molar-refractivity contribution is -0.199. The Kier molecular flexibility index (Phi) is 4.79. The second-order valence-electron chi connectivity index (χ2n) is 9.92. The molecule has 4 aliphatic rings. The Balaban J connectivity index is 1.47. The predicted octanol–water partition coefficient (Wildman–Crippen LogP) is 3.20. The van der Waals surface area contributed by atoms with E-state index in [1.54, 1.807) is 0 Å². The Bertz CT molecular complexity index is 528. The molecule has 5 nitrogen and oxygen atoms in total. The molecule has 4 fully saturated rings. The van der Waals surface area contributed by atoms with Crippen LogP contribution in [-0.4, -0.2) is 41.6 Å². The molecule has 3 aliphatic carbocycles. The summed E-state index contributed by atoms with van der Waals surface area (Å²) in [5.74, 6) is 0.910. The summed E-state index contributed by atoms with van der Waals surface area (Å²) >= 11 is 0. The van der Waals surface area contributed by atoms with Gasteiger partial charge in [-0.1, -0.05) is 13.8 Å². The number of aliphatic hydroxyl groups excluding tert-OH is 1. The molecule has 0 aromatic heterocycles. The summed E-state index contributed by atoms with van der Waals surface area (Å²) in [5, 5.41) is 10.1. The van der Waals surface area contributed by atoms with Crippen LogP contribution in [0.15, 0.2) is 0 Å². The number of hydrogen-bond acceptors (Lipinski definition) is 5. The van der Waals surface area contributed by atoms with E-state index in [1.807, 2.05) is 20.8 Å². The molecule has 1 saturated heterocycles. The number of aliphatic hydroxyl groups is 1. The maximum absolute atomic E-state index is 11.8. The van der Waals surface area contributed by atoms with Crippen LogP contribution < -0.4 is 0 Å². The molecule has 0 spiro atoms. The number of hydrogen-bond donors (Lipinski definition) is 1. The first-order chi connectivity index (χ1) is 11.4. The minimum Gasteiger partial charge on any atom is -0.460 e. The highest BCUT2D eigenvalue weighted by molar-refractivity contribution is 6.45. The SMILES string of the molecule is CC(C)(C)OC(=O)CC(O)CCB1O[C@@H]2C[C@@H]3C[C@@H](C3(C)C)[C@]2(C)O1. The van der Waals surface area contributed by atoms with Crippen LogP contribution in [0.4, 0.5) is 0 Å². The summed E-state index contributed by atoms with van der Waals surface area (Å²) in [7, 11) is -0.279. The van der Waals surface area contributed by atoms with E-state index in [1.165, 1.54) is 6.42 Å². The van der Waals surface area contributed by atoms with E-state index in [-0.39, 0.29) is 31.2 Å². The molecule has 0 amide bonds. The molecule has 1 N–H and O–H groups in total. The summed E-state index contributed by atoms with van der Waals surface area (Å²) in [5.41, 5.74) is -0.398. The maximum Gasteiger partial charge on any atom is 0.457 e. The summed E-state index contributed by atoms with van der Waals surface area (Å²) in [6.45, 7) is 12.4. The lowest BCUT2D eigenvalue weighted by Gasteiger charge is -2.64. The van der Waals surface area contributed by atoms with Gasteiger partial charge < -0.3 is 19.2 Å². The van der Waals surface area contributed by atoms with Gasteiger partial charge >= 0.3 is 13.1 Å². The summed E-state index contributed by atoms with van der Waals surface area (Å²) in [6.07, 6.45) is 2.84. The van der Waals surface area contributed by atoms with Crippen LogP contribution in [0.1, 0.15) is 67.2 Å². The van der Waals surface area contributed by atoms with Gasteiger partial charge in [-0.3, -0.25) is 4.79 Å². The molecule has 2 bridgehead atoms. The van der Waals surface area contributed by atoms with Gasteiger partial charge in [-0.05, 0) is 70.5 Å². The Labute approximate surface area is 151 Å². The van der Waals surface area contributed by atoms with Crippen molar-refractivity contribution in [1.82, 2.24) is 0 Å². The van der Waals surface area contributed by atoms with E-state index in [0.29, 0.717) is 24.1 Å². The number of ether oxygens (including phenoxy) is 1. The third-order valence-corrected chi connectivity index (χ3v) is 6.56. The van der Waals surface area contributed by atoms with Crippen molar-refractivity contribution >= 4 is 13.1 Å². The lowest BCUT2D eigenvalue weighted by Crippen LogP contribution is -2.65. The Morgan fingerprint density at radius 2 is 2.00 bits per heavy atom. The fraction of sp³-hybridized carbons (Fsp3) is 0.947. The molecule has 1 unspecified atom stereocenters. The first kappa shape index (κ1) is 19.2. The van der Waals surface area contributed by atoms with E-state index in [2.05, 4.69) is 20.8 Å². The molecular formula is C19H33BO5. The number of carbonyl (C=O) groups is 1. The molecule has 142 valence electrons. The van der Waals surface area contributed by atoms with Gasteiger partial charge in [0.15, 0.2) is 0 Å². The number of esters is 1. The molecule has 0 aromatic carbocycles. The third kappa shape index (κ3) is 3.63. The summed E-state index contributed by atoms with van der Waals surface area (Å²) in [4.78, 5) is 11.8. The van der Waals surface area contributed by atoms with Gasteiger partial charge in [-0.2, -0.15) is 0 Å². The topological polar surface area (TPSA) is 65.0 Å². The van der Waals surface area contributed by atoms with Crippen LogP contribution in [-0.2, 0) is 18.8 Å². The molecule has 0 radical (unpaired) electrons. The van der Waals surface area contributed by atoms with Crippen LogP contribution in [0.2, 0.25) is 6.32 Å². The number of rotatable bonds is 5. The van der Waals surface area contributed by atoms with Gasteiger partial charge in [-0.25, -0.2) is 0 Å². The third-order valence-electron chi connectivity index (χ3n) is 6.56. The van der Waals surface area contributed by atoms with E-state index in [9.17, 15) is 9.90 Å². The van der Waals surface area contributed by atoms with Gasteiger partial charge in [0.25, 0.3) is 0 Å². The highest BCUT2D eigenvalue weighted by Crippen LogP contribution is 2.65. The van der Waals surface area contributed by atoms with Gasteiger partial charge in [0.05, 0.1) is 24.2 Å². The molecule has 4 rings (SSSR count). The van der Waals surface area contributed by atoms with E-state index >= 15 is 0 Å². The van der Waals surface area contributed by atoms with E-state index in [4.69, 9.17) is 14.0 Å². The minimum atomic E-state index is -0.720. The van der Waals surface area contributed by atoms with Crippen molar-refractivity contribution in [3.63, 3.8) is 0 Å². The van der Waals surface area contributed by atoms with Crippen molar-refractivity contribution in [2.45, 2.75) is 97.0 Å². The monoisotopic (exact) mass is 352 g/mol. The Hall–Kier alpha value is -0.585. The second-order valence-corrected chi connectivity index (χ2v) is 9.92. The van der Waals surface area contributed by atoms with Crippen molar-refractivity contribution in [2.75, 3.05) is 0 Å². The summed E-state index contributed by atoms with van der Waals surface area (Å²) in [6, 6.07) is 0. The van der Waals surface area contributed by atoms with Crippen LogP contribution in [0.25, 0.3) is 0 Å². The van der Waals surface area contributed by atoms with Gasteiger partial charge in [0.2, 0.25) is 0 Å². The van der Waals surface area contributed by atoms with Crippen molar-refractivity contribution in [2.24, 2.45) is 17.3 Å². The quantitative estimate of drug-likeness (QED) is 0.608. The van der Waals surface area contributed by atoms with Gasteiger partial charge in [0.1, 0.15) is 5.60 Å². The average molecular weight is 352 g/mol. The zero-order valence-corrected chi connectivity index (χ0v) is 16.5. The fourth-order valence-electron chi connectivity index (χ4n) is 5.08. The molecule has 0 aromatic rings. The maximum atomic E-state index is 11.8. The molecule has 5 atom stereocenters. The van der Waals surface area contributed by atoms with Crippen LogP contribution in [0, 0.1) is 17.3 Å². The molecule has 1 heterocycles. The summed E-state index contributed by atoms with van der Waals surface area (Å²) < 4.78 is 17.7.